The van der Waals surface area contributed by atoms with Crippen LogP contribution in [0.3, 0.4) is 0 Å². The Hall–Kier alpha value is -1.10. The van der Waals surface area contributed by atoms with Gasteiger partial charge in [-0.2, -0.15) is 0 Å². The van der Waals surface area contributed by atoms with Gasteiger partial charge in [0.25, 0.3) is 0 Å². The van der Waals surface area contributed by atoms with Crippen LogP contribution in [-0.4, -0.2) is 40.5 Å². The fraction of sp³-hybridized carbons (Fsp3) is 0.833. The number of nitrogens with two attached hydrogens (primary N) is 1. The first-order valence-electron chi connectivity index (χ1n) is 6.31. The van der Waals surface area contributed by atoms with Gasteiger partial charge in [-0.05, 0) is 25.2 Å². The second-order valence-electron chi connectivity index (χ2n) is 5.28. The fourth-order valence-corrected chi connectivity index (χ4v) is 3.08. The Kier molecular flexibility index (Phi) is 3.38. The number of rotatable bonds is 2. The van der Waals surface area contributed by atoms with Crippen LogP contribution in [0.1, 0.15) is 32.6 Å². The first-order chi connectivity index (χ1) is 8.02. The number of carboxylic acids is 1. The normalized spacial score (nSPS) is 37.4. The maximum Gasteiger partial charge on any atom is 0.326 e. The highest BCUT2D eigenvalue weighted by Crippen LogP contribution is 2.31. The molecule has 4 atom stereocenters. The van der Waals surface area contributed by atoms with Gasteiger partial charge in [-0.15, -0.1) is 0 Å². The van der Waals surface area contributed by atoms with E-state index in [0.717, 1.165) is 25.7 Å². The maximum atomic E-state index is 12.3. The number of hydrogen-bond donors (Lipinski definition) is 2. The quantitative estimate of drug-likeness (QED) is 0.733. The molecule has 4 unspecified atom stereocenters. The highest BCUT2D eigenvalue weighted by Gasteiger charge is 2.43. The average Bonchev–Trinajstić information content (AvgIpc) is 2.83. The first-order valence-corrected chi connectivity index (χ1v) is 6.31. The molecule has 2 rings (SSSR count). The van der Waals surface area contributed by atoms with Crippen molar-refractivity contribution in [2.45, 2.75) is 44.7 Å². The lowest BCUT2D eigenvalue weighted by Gasteiger charge is -2.27. The van der Waals surface area contributed by atoms with Gasteiger partial charge in [0.1, 0.15) is 6.04 Å². The van der Waals surface area contributed by atoms with Crippen LogP contribution in [0.25, 0.3) is 0 Å². The number of carbonyl (C=O) groups excluding carboxylic acids is 1. The minimum Gasteiger partial charge on any atom is -0.480 e. The van der Waals surface area contributed by atoms with Gasteiger partial charge >= 0.3 is 5.97 Å². The molecule has 0 bridgehead atoms. The summed E-state index contributed by atoms with van der Waals surface area (Å²) in [4.78, 5) is 25.0. The van der Waals surface area contributed by atoms with Gasteiger partial charge in [-0.25, -0.2) is 4.79 Å². The summed E-state index contributed by atoms with van der Waals surface area (Å²) in [6.07, 6.45) is 3.41. The number of carboxylic acid groups (broad SMARTS) is 1. The van der Waals surface area contributed by atoms with Crippen LogP contribution in [0.5, 0.6) is 0 Å². The molecule has 0 aromatic heterocycles. The highest BCUT2D eigenvalue weighted by atomic mass is 16.4. The van der Waals surface area contributed by atoms with Gasteiger partial charge < -0.3 is 15.7 Å². The largest absolute Gasteiger partial charge is 0.480 e. The van der Waals surface area contributed by atoms with Gasteiger partial charge in [0.2, 0.25) is 5.91 Å². The molecule has 96 valence electrons. The predicted octanol–water partition coefficient (Wildman–Crippen LogP) is 0.435. The molecule has 0 aromatic carbocycles. The third kappa shape index (κ3) is 2.16. The zero-order valence-electron chi connectivity index (χ0n) is 10.1. The van der Waals surface area contributed by atoms with E-state index in [-0.39, 0.29) is 23.8 Å². The van der Waals surface area contributed by atoms with Gasteiger partial charge in [0.05, 0.1) is 5.92 Å². The van der Waals surface area contributed by atoms with Crippen LogP contribution in [0.15, 0.2) is 0 Å². The summed E-state index contributed by atoms with van der Waals surface area (Å²) in [7, 11) is 0. The smallest absolute Gasteiger partial charge is 0.326 e. The van der Waals surface area contributed by atoms with Crippen LogP contribution < -0.4 is 5.73 Å². The van der Waals surface area contributed by atoms with E-state index in [2.05, 4.69) is 0 Å². The zero-order valence-corrected chi connectivity index (χ0v) is 10.1. The molecule has 17 heavy (non-hydrogen) atoms. The molecule has 0 radical (unpaired) electrons. The van der Waals surface area contributed by atoms with Crippen LogP contribution in [-0.2, 0) is 9.59 Å². The number of likely N-dealkylation sites (tertiary alicyclic amines) is 1. The number of aliphatic carboxylic acids is 1. The van der Waals surface area contributed by atoms with Crippen LogP contribution >= 0.6 is 0 Å². The van der Waals surface area contributed by atoms with E-state index in [4.69, 9.17) is 5.73 Å². The molecule has 5 nitrogen and oxygen atoms in total. The molecule has 5 heteroatoms. The zero-order chi connectivity index (χ0) is 12.6. The average molecular weight is 240 g/mol. The predicted molar refractivity (Wildman–Crippen MR) is 62.2 cm³/mol. The molecule has 1 aliphatic carbocycles. The minimum absolute atomic E-state index is 0.0362. The Morgan fingerprint density at radius 3 is 2.53 bits per heavy atom. The molecule has 1 saturated heterocycles. The van der Waals surface area contributed by atoms with Gasteiger partial charge in [0, 0.05) is 12.6 Å². The molecule has 1 amide bonds. The summed E-state index contributed by atoms with van der Waals surface area (Å²) in [5, 5.41) is 9.19. The molecular formula is C12H20N2O3. The van der Waals surface area contributed by atoms with E-state index in [9.17, 15) is 14.7 Å². The molecule has 1 heterocycles. The molecule has 0 aromatic rings. The lowest BCUT2D eigenvalue weighted by atomic mass is 10.00. The standard InChI is InChI=1S/C12H20N2O3/c1-7-5-6-14(10(7)12(16)17)11(15)8-3-2-4-9(8)13/h7-10H,2-6,13H2,1H3,(H,16,17). The second kappa shape index (κ2) is 4.64. The number of hydrogen-bond acceptors (Lipinski definition) is 3. The van der Waals surface area contributed by atoms with E-state index in [0.29, 0.717) is 6.54 Å². The van der Waals surface area contributed by atoms with Crippen molar-refractivity contribution in [1.82, 2.24) is 4.90 Å². The van der Waals surface area contributed by atoms with Crippen molar-refractivity contribution in [3.8, 4) is 0 Å². The monoisotopic (exact) mass is 240 g/mol. The van der Waals surface area contributed by atoms with Crippen LogP contribution in [0.2, 0.25) is 0 Å². The Morgan fingerprint density at radius 1 is 1.29 bits per heavy atom. The second-order valence-corrected chi connectivity index (χ2v) is 5.28. The summed E-state index contributed by atoms with van der Waals surface area (Å²) < 4.78 is 0. The van der Waals surface area contributed by atoms with E-state index in [1.165, 1.54) is 4.90 Å². The number of nitrogens with zero attached hydrogens (tertiary/aromatic N) is 1. The van der Waals surface area contributed by atoms with Crippen LogP contribution in [0.4, 0.5) is 0 Å². The van der Waals surface area contributed by atoms with Gasteiger partial charge in [-0.1, -0.05) is 13.3 Å². The number of amides is 1. The van der Waals surface area contributed by atoms with Crippen molar-refractivity contribution in [3.63, 3.8) is 0 Å². The summed E-state index contributed by atoms with van der Waals surface area (Å²) in [5.41, 5.74) is 5.91. The summed E-state index contributed by atoms with van der Waals surface area (Å²) in [5.74, 6) is -1.07. The lowest BCUT2D eigenvalue weighted by molar-refractivity contribution is -0.151. The maximum absolute atomic E-state index is 12.3. The first kappa shape index (κ1) is 12.4. The Bertz CT molecular complexity index is 332. The van der Waals surface area contributed by atoms with E-state index >= 15 is 0 Å². The molecule has 3 N–H and O–H groups in total. The van der Waals surface area contributed by atoms with E-state index in [1.807, 2.05) is 6.92 Å². The van der Waals surface area contributed by atoms with Crippen molar-refractivity contribution in [2.24, 2.45) is 17.6 Å². The van der Waals surface area contributed by atoms with Gasteiger partial charge in [0.15, 0.2) is 0 Å². The molecule has 0 spiro atoms. The Balaban J connectivity index is 2.11. The minimum atomic E-state index is -0.894. The lowest BCUT2D eigenvalue weighted by Crippen LogP contribution is -2.48. The van der Waals surface area contributed by atoms with E-state index in [1.54, 1.807) is 0 Å². The van der Waals surface area contributed by atoms with E-state index < -0.39 is 12.0 Å². The van der Waals surface area contributed by atoms with Crippen molar-refractivity contribution < 1.29 is 14.7 Å². The molecular weight excluding hydrogens is 220 g/mol. The fourth-order valence-electron chi connectivity index (χ4n) is 3.08. The Morgan fingerprint density at radius 2 is 2.00 bits per heavy atom. The van der Waals surface area contributed by atoms with Crippen molar-refractivity contribution in [1.29, 1.82) is 0 Å². The van der Waals surface area contributed by atoms with Crippen molar-refractivity contribution >= 4 is 11.9 Å². The highest BCUT2D eigenvalue weighted by molar-refractivity contribution is 5.86. The molecule has 1 aliphatic heterocycles. The summed E-state index contributed by atoms with van der Waals surface area (Å²) in [6.45, 7) is 2.45. The van der Waals surface area contributed by atoms with Crippen molar-refractivity contribution in [2.75, 3.05) is 6.54 Å². The SMILES string of the molecule is CC1CCN(C(=O)C2CCCC2N)C1C(=O)O. The summed E-state index contributed by atoms with van der Waals surface area (Å²) >= 11 is 0. The molecule has 1 saturated carbocycles. The number of carbonyl (C=O) groups is 2. The van der Waals surface area contributed by atoms with Gasteiger partial charge in [-0.3, -0.25) is 4.79 Å². The summed E-state index contributed by atoms with van der Waals surface area (Å²) in [6, 6.07) is -0.747. The molecule has 2 aliphatic rings. The molecule has 2 fully saturated rings. The topological polar surface area (TPSA) is 83.6 Å². The third-order valence-electron chi connectivity index (χ3n) is 4.12. The third-order valence-corrected chi connectivity index (χ3v) is 4.12. The van der Waals surface area contributed by atoms with Crippen LogP contribution in [0, 0.1) is 11.8 Å². The van der Waals surface area contributed by atoms with Crippen molar-refractivity contribution in [3.05, 3.63) is 0 Å². The Labute approximate surface area is 101 Å².